The van der Waals surface area contributed by atoms with Crippen molar-refractivity contribution in [2.24, 2.45) is 5.73 Å². The van der Waals surface area contributed by atoms with Crippen LogP contribution in [0.5, 0.6) is 0 Å². The zero-order valence-electron chi connectivity index (χ0n) is 22.9. The van der Waals surface area contributed by atoms with E-state index in [4.69, 9.17) is 5.73 Å². The van der Waals surface area contributed by atoms with Crippen molar-refractivity contribution >= 4 is 21.7 Å². The zero-order valence-corrected chi connectivity index (χ0v) is 23.8. The fourth-order valence-corrected chi connectivity index (χ4v) is 8.76. The standard InChI is InChI=1S/C29H20F10N2O4S/c30-17-3-5-18(6-4-17)46(44,45)26-9-10-41(25(43)15-12-20(31)23(24(40)42)21(32)13-15)22(26)8-1-14-11-16(2-7-19(14)26)27(33,28(34,35)36)29(37,38)39/h2-7,11-13,22H,1,8-10H2,(H2,40,42)/t22-,26-/m0/s1. The van der Waals surface area contributed by atoms with Gasteiger partial charge in [0.25, 0.3) is 11.8 Å². The van der Waals surface area contributed by atoms with Crippen LogP contribution in [0.15, 0.2) is 59.5 Å². The van der Waals surface area contributed by atoms with Crippen LogP contribution in [0.4, 0.5) is 43.9 Å². The molecule has 3 aromatic rings. The van der Waals surface area contributed by atoms with Gasteiger partial charge >= 0.3 is 18.0 Å². The van der Waals surface area contributed by atoms with Gasteiger partial charge in [0.05, 0.1) is 10.9 Å². The molecule has 2 N–H and O–H groups in total. The number of nitrogens with two attached hydrogens (primary N) is 1. The Morgan fingerprint density at radius 1 is 0.848 bits per heavy atom. The van der Waals surface area contributed by atoms with E-state index >= 15 is 0 Å². The average molecular weight is 683 g/mol. The summed E-state index contributed by atoms with van der Waals surface area (Å²) < 4.78 is 165. The second-order valence-corrected chi connectivity index (χ2v) is 13.1. The quantitative estimate of drug-likeness (QED) is 0.263. The molecule has 1 heterocycles. The van der Waals surface area contributed by atoms with Crippen molar-refractivity contribution < 1.29 is 61.9 Å². The number of benzene rings is 3. The molecule has 1 fully saturated rings. The van der Waals surface area contributed by atoms with Crippen molar-refractivity contribution in [2.75, 3.05) is 6.54 Å². The van der Waals surface area contributed by atoms with Gasteiger partial charge in [0.2, 0.25) is 0 Å². The van der Waals surface area contributed by atoms with E-state index in [-0.39, 0.29) is 23.3 Å². The molecule has 0 saturated carbocycles. The number of halogens is 10. The number of primary amides is 1. The lowest BCUT2D eigenvalue weighted by atomic mass is 9.76. The molecule has 6 nitrogen and oxygen atoms in total. The van der Waals surface area contributed by atoms with Gasteiger partial charge in [-0.1, -0.05) is 18.2 Å². The topological polar surface area (TPSA) is 97.5 Å². The molecule has 3 aromatic carbocycles. The van der Waals surface area contributed by atoms with Crippen molar-refractivity contribution in [2.45, 2.75) is 53.0 Å². The molecule has 2 amide bonds. The molecule has 246 valence electrons. The predicted octanol–water partition coefficient (Wildman–Crippen LogP) is 6.02. The first-order valence-electron chi connectivity index (χ1n) is 13.2. The first-order valence-corrected chi connectivity index (χ1v) is 14.7. The number of fused-ring (bicyclic) bond motifs is 3. The minimum absolute atomic E-state index is 0.169. The summed E-state index contributed by atoms with van der Waals surface area (Å²) in [7, 11) is -4.79. The smallest absolute Gasteiger partial charge is 0.365 e. The minimum atomic E-state index is -6.44. The van der Waals surface area contributed by atoms with Crippen LogP contribution in [0.3, 0.4) is 0 Å². The Kier molecular flexibility index (Phi) is 7.73. The number of rotatable bonds is 5. The van der Waals surface area contributed by atoms with Crippen molar-refractivity contribution in [1.82, 2.24) is 4.90 Å². The van der Waals surface area contributed by atoms with Gasteiger partial charge in [-0.3, -0.25) is 9.59 Å². The van der Waals surface area contributed by atoms with E-state index in [2.05, 4.69) is 0 Å². The third-order valence-corrected chi connectivity index (χ3v) is 11.0. The normalized spacial score (nSPS) is 20.3. The maximum atomic E-state index is 15.0. The Bertz CT molecular complexity index is 1820. The Labute approximate surface area is 253 Å². The Morgan fingerprint density at radius 3 is 1.93 bits per heavy atom. The van der Waals surface area contributed by atoms with Gasteiger partial charge in [-0.25, -0.2) is 26.0 Å². The SMILES string of the molecule is NC(=O)c1c(F)cc(C(=O)N2CC[C@]3(S(=O)(=O)c4ccc(F)cc4)c4ccc(C(F)(C(F)(F)F)C(F)(F)F)cc4CC[C@H]23)cc1F. The van der Waals surface area contributed by atoms with Crippen molar-refractivity contribution in [3.05, 3.63) is 99.9 Å². The number of hydrogen-bond donors (Lipinski definition) is 1. The number of hydrogen-bond acceptors (Lipinski definition) is 4. The summed E-state index contributed by atoms with van der Waals surface area (Å²) in [5.41, 5.74) is -5.21. The number of alkyl halides is 7. The summed E-state index contributed by atoms with van der Waals surface area (Å²) in [6.07, 6.45) is -14.3. The first-order chi connectivity index (χ1) is 21.2. The number of likely N-dealkylation sites (tertiary alicyclic amines) is 1. The molecule has 1 saturated heterocycles. The largest absolute Gasteiger partial charge is 0.435 e. The van der Waals surface area contributed by atoms with Crippen molar-refractivity contribution in [3.8, 4) is 0 Å². The first kappa shape index (κ1) is 33.2. The fourth-order valence-electron chi connectivity index (χ4n) is 6.39. The van der Waals surface area contributed by atoms with E-state index in [1.54, 1.807) is 0 Å². The molecule has 0 aromatic heterocycles. The van der Waals surface area contributed by atoms with Crippen LogP contribution in [0.1, 0.15) is 50.2 Å². The van der Waals surface area contributed by atoms with Crippen LogP contribution in [-0.4, -0.2) is 50.1 Å². The van der Waals surface area contributed by atoms with Gasteiger partial charge in [-0.15, -0.1) is 0 Å². The number of carbonyl (C=O) groups is 2. The molecule has 0 spiro atoms. The highest BCUT2D eigenvalue weighted by Crippen LogP contribution is 2.56. The predicted molar refractivity (Wildman–Crippen MR) is 139 cm³/mol. The number of sulfone groups is 1. The highest BCUT2D eigenvalue weighted by molar-refractivity contribution is 7.92. The number of nitrogens with zero attached hydrogens (tertiary/aromatic N) is 1. The molecular formula is C29H20F10N2O4S. The van der Waals surface area contributed by atoms with Gasteiger partial charge in [0.1, 0.15) is 27.8 Å². The zero-order chi connectivity index (χ0) is 34.2. The molecule has 1 aliphatic heterocycles. The Balaban J connectivity index is 1.70. The lowest BCUT2D eigenvalue weighted by molar-refractivity contribution is -0.348. The molecule has 0 radical (unpaired) electrons. The lowest BCUT2D eigenvalue weighted by Gasteiger charge is -2.43. The van der Waals surface area contributed by atoms with Crippen LogP contribution >= 0.6 is 0 Å². The minimum Gasteiger partial charge on any atom is -0.365 e. The van der Waals surface area contributed by atoms with Gasteiger partial charge in [0.15, 0.2) is 9.84 Å². The summed E-state index contributed by atoms with van der Waals surface area (Å²) >= 11 is 0. The van der Waals surface area contributed by atoms with E-state index in [9.17, 15) is 61.9 Å². The lowest BCUT2D eigenvalue weighted by Crippen LogP contribution is -2.53. The third kappa shape index (κ3) is 4.72. The third-order valence-electron chi connectivity index (χ3n) is 8.47. The highest BCUT2D eigenvalue weighted by atomic mass is 32.2. The van der Waals surface area contributed by atoms with E-state index < -0.39 is 115 Å². The molecule has 46 heavy (non-hydrogen) atoms. The van der Waals surface area contributed by atoms with Gasteiger partial charge < -0.3 is 10.6 Å². The molecule has 5 rings (SSSR count). The maximum absolute atomic E-state index is 15.0. The van der Waals surface area contributed by atoms with Crippen LogP contribution in [0, 0.1) is 17.5 Å². The van der Waals surface area contributed by atoms with Crippen LogP contribution < -0.4 is 5.73 Å². The molecule has 1 aliphatic carbocycles. The van der Waals surface area contributed by atoms with E-state index in [1.165, 1.54) is 0 Å². The number of aryl methyl sites for hydroxylation is 1. The van der Waals surface area contributed by atoms with Crippen LogP contribution in [0.25, 0.3) is 0 Å². The molecule has 17 heteroatoms. The maximum Gasteiger partial charge on any atom is 0.435 e. The van der Waals surface area contributed by atoms with Crippen LogP contribution in [0.2, 0.25) is 0 Å². The fraction of sp³-hybridized carbons (Fsp3) is 0.310. The molecular weight excluding hydrogens is 662 g/mol. The van der Waals surface area contributed by atoms with Gasteiger partial charge in [-0.2, -0.15) is 26.3 Å². The van der Waals surface area contributed by atoms with E-state index in [0.717, 1.165) is 29.2 Å². The van der Waals surface area contributed by atoms with E-state index in [0.29, 0.717) is 18.2 Å². The molecule has 2 aliphatic rings. The van der Waals surface area contributed by atoms with E-state index in [1.807, 2.05) is 0 Å². The average Bonchev–Trinajstić information content (AvgIpc) is 3.36. The number of carbonyl (C=O) groups excluding carboxylic acids is 2. The summed E-state index contributed by atoms with van der Waals surface area (Å²) in [5.74, 6) is -6.42. The highest BCUT2D eigenvalue weighted by Gasteiger charge is 2.74. The summed E-state index contributed by atoms with van der Waals surface area (Å²) in [6, 6.07) is 3.98. The summed E-state index contributed by atoms with van der Waals surface area (Å²) in [5, 5.41) is 0. The molecule has 2 atom stereocenters. The second kappa shape index (κ2) is 10.7. The van der Waals surface area contributed by atoms with Gasteiger partial charge in [0, 0.05) is 17.7 Å². The van der Waals surface area contributed by atoms with Crippen molar-refractivity contribution in [1.29, 1.82) is 0 Å². The second-order valence-electron chi connectivity index (χ2n) is 10.9. The summed E-state index contributed by atoms with van der Waals surface area (Å²) in [6.45, 7) is -0.440. The van der Waals surface area contributed by atoms with Gasteiger partial charge in [-0.05, 0) is 66.8 Å². The van der Waals surface area contributed by atoms with Crippen molar-refractivity contribution in [3.63, 3.8) is 0 Å². The Hall–Kier alpha value is -4.15. The monoisotopic (exact) mass is 682 g/mol. The molecule has 0 unspecified atom stereocenters. The summed E-state index contributed by atoms with van der Waals surface area (Å²) in [4.78, 5) is 25.4. The van der Waals surface area contributed by atoms with Crippen LogP contribution in [-0.2, 0) is 26.7 Å². The molecule has 0 bridgehead atoms. The number of amides is 2. The Morgan fingerprint density at radius 2 is 1.41 bits per heavy atom.